The largest absolute Gasteiger partial charge is 0.351 e. The second kappa shape index (κ2) is 6.07. The molecule has 0 N–H and O–H groups in total. The molecule has 2 aromatic heterocycles. The van der Waals surface area contributed by atoms with E-state index in [2.05, 4.69) is 55.5 Å². The second-order valence-electron chi connectivity index (χ2n) is 6.72. The monoisotopic (exact) mass is 400 g/mol. The third-order valence-electron chi connectivity index (χ3n) is 4.68. The molecule has 1 fully saturated rings. The first kappa shape index (κ1) is 16.5. The molecule has 4 rings (SSSR count). The van der Waals surface area contributed by atoms with Gasteiger partial charge in [-0.2, -0.15) is 5.10 Å². The number of anilines is 1. The number of nitrogens with zero attached hydrogens (tertiary/aromatic N) is 6. The number of likely N-dealkylation sites (N-methyl/N-ethyl adjacent to an activating group) is 1. The van der Waals surface area contributed by atoms with Gasteiger partial charge < -0.3 is 9.80 Å². The summed E-state index contributed by atoms with van der Waals surface area (Å²) in [5, 5.41) is 4.63. The molecule has 1 saturated heterocycles. The lowest BCUT2D eigenvalue weighted by molar-refractivity contribution is 0.312. The predicted octanol–water partition coefficient (Wildman–Crippen LogP) is 3.13. The summed E-state index contributed by atoms with van der Waals surface area (Å²) in [6.07, 6.45) is 0. The van der Waals surface area contributed by atoms with Gasteiger partial charge in [-0.3, -0.25) is 0 Å². The van der Waals surface area contributed by atoms with Gasteiger partial charge in [0.05, 0.1) is 11.0 Å². The van der Waals surface area contributed by atoms with Crippen LogP contribution in [0.3, 0.4) is 0 Å². The van der Waals surface area contributed by atoms with Crippen molar-refractivity contribution < 1.29 is 0 Å². The Morgan fingerprint density at radius 3 is 2.56 bits per heavy atom. The van der Waals surface area contributed by atoms with Gasteiger partial charge in [0.2, 0.25) is 0 Å². The van der Waals surface area contributed by atoms with Crippen LogP contribution in [0.15, 0.2) is 23.2 Å². The fraction of sp³-hybridized carbons (Fsp3) is 0.389. The number of fused-ring (bicyclic) bond motifs is 3. The number of hydrogen-bond donors (Lipinski definition) is 0. The van der Waals surface area contributed by atoms with Crippen LogP contribution in [0.25, 0.3) is 22.3 Å². The van der Waals surface area contributed by atoms with Gasteiger partial charge >= 0.3 is 0 Å². The molecule has 0 amide bonds. The van der Waals surface area contributed by atoms with Crippen molar-refractivity contribution in [1.82, 2.24) is 24.5 Å². The third kappa shape index (κ3) is 2.81. The van der Waals surface area contributed by atoms with E-state index in [0.29, 0.717) is 0 Å². The third-order valence-corrected chi connectivity index (χ3v) is 5.13. The van der Waals surface area contributed by atoms with Crippen LogP contribution in [0.1, 0.15) is 18.3 Å². The fourth-order valence-corrected chi connectivity index (χ4v) is 3.75. The normalized spacial score (nSPS) is 16.1. The summed E-state index contributed by atoms with van der Waals surface area (Å²) < 4.78 is 2.91. The number of aromatic nitrogens is 4. The highest BCUT2D eigenvalue weighted by Gasteiger charge is 2.22. The number of benzene rings is 1. The molecule has 0 atom stereocenters. The Morgan fingerprint density at radius 1 is 1.16 bits per heavy atom. The lowest BCUT2D eigenvalue weighted by atomic mass is 10.1. The van der Waals surface area contributed by atoms with Gasteiger partial charge in [-0.15, -0.1) is 0 Å². The first-order chi connectivity index (χ1) is 11.9. The quantitative estimate of drug-likeness (QED) is 0.661. The molecule has 0 saturated carbocycles. The molecule has 6 nitrogen and oxygen atoms in total. The van der Waals surface area contributed by atoms with Crippen molar-refractivity contribution in [2.24, 2.45) is 0 Å². The maximum atomic E-state index is 5.03. The summed E-state index contributed by atoms with van der Waals surface area (Å²) in [5.41, 5.74) is 4.71. The number of aryl methyl sites for hydroxylation is 1. The fourth-order valence-electron chi connectivity index (χ4n) is 3.30. The first-order valence-corrected chi connectivity index (χ1v) is 9.19. The van der Waals surface area contributed by atoms with Crippen LogP contribution in [0, 0.1) is 6.92 Å². The van der Waals surface area contributed by atoms with Crippen molar-refractivity contribution in [3.8, 4) is 0 Å². The van der Waals surface area contributed by atoms with E-state index in [-0.39, 0.29) is 0 Å². The molecular weight excluding hydrogens is 380 g/mol. The lowest BCUT2D eigenvalue weighted by Crippen LogP contribution is -2.45. The molecular formula is C18H21BrN6. The van der Waals surface area contributed by atoms with E-state index >= 15 is 0 Å². The number of halogens is 1. The topological polar surface area (TPSA) is 49.6 Å². The maximum absolute atomic E-state index is 5.03. The van der Waals surface area contributed by atoms with Crippen LogP contribution < -0.4 is 4.90 Å². The molecule has 1 aliphatic heterocycles. The van der Waals surface area contributed by atoms with Gasteiger partial charge in [-0.1, -0.05) is 22.5 Å². The van der Waals surface area contributed by atoms with Gasteiger partial charge in [-0.05, 0) is 38.6 Å². The highest BCUT2D eigenvalue weighted by Crippen LogP contribution is 2.31. The van der Waals surface area contributed by atoms with E-state index in [4.69, 9.17) is 4.98 Å². The molecule has 0 spiro atoms. The minimum absolute atomic E-state index is 0.751. The van der Waals surface area contributed by atoms with Crippen LogP contribution in [0.4, 0.5) is 5.82 Å². The summed E-state index contributed by atoms with van der Waals surface area (Å²) in [6.45, 7) is 12.0. The second-order valence-corrected chi connectivity index (χ2v) is 7.64. The summed E-state index contributed by atoms with van der Waals surface area (Å²) in [5.74, 6) is 1.66. The maximum Gasteiger partial charge on any atom is 0.199 e. The molecule has 0 bridgehead atoms. The molecule has 3 heterocycles. The average molecular weight is 401 g/mol. The highest BCUT2D eigenvalue weighted by molar-refractivity contribution is 9.10. The summed E-state index contributed by atoms with van der Waals surface area (Å²) in [6, 6.07) is 4.12. The van der Waals surface area contributed by atoms with E-state index in [1.165, 1.54) is 0 Å². The zero-order valence-electron chi connectivity index (χ0n) is 14.8. The Hall–Kier alpha value is -1.99. The zero-order chi connectivity index (χ0) is 17.7. The van der Waals surface area contributed by atoms with Gasteiger partial charge in [0, 0.05) is 36.2 Å². The van der Waals surface area contributed by atoms with Crippen molar-refractivity contribution in [1.29, 1.82) is 0 Å². The van der Waals surface area contributed by atoms with E-state index in [0.717, 1.165) is 70.1 Å². The van der Waals surface area contributed by atoms with Crippen molar-refractivity contribution in [2.75, 3.05) is 38.1 Å². The highest BCUT2D eigenvalue weighted by atomic mass is 79.9. The van der Waals surface area contributed by atoms with E-state index in [1.54, 1.807) is 0 Å². The van der Waals surface area contributed by atoms with Crippen LogP contribution in [0.5, 0.6) is 0 Å². The molecule has 25 heavy (non-hydrogen) atoms. The molecule has 0 unspecified atom stereocenters. The minimum Gasteiger partial charge on any atom is -0.351 e. The molecule has 130 valence electrons. The zero-order valence-corrected chi connectivity index (χ0v) is 16.3. The van der Waals surface area contributed by atoms with E-state index in [9.17, 15) is 0 Å². The minimum atomic E-state index is 0.751. The first-order valence-electron chi connectivity index (χ1n) is 8.40. The molecule has 1 aliphatic rings. The van der Waals surface area contributed by atoms with E-state index in [1.807, 2.05) is 24.4 Å². The van der Waals surface area contributed by atoms with Crippen LogP contribution in [-0.2, 0) is 0 Å². The Morgan fingerprint density at radius 2 is 1.88 bits per heavy atom. The van der Waals surface area contributed by atoms with Gasteiger partial charge in [-0.25, -0.2) is 14.5 Å². The summed E-state index contributed by atoms with van der Waals surface area (Å²) in [7, 11) is 2.15. The number of allylic oxidation sites excluding steroid dienone is 1. The number of rotatable bonds is 2. The van der Waals surface area contributed by atoms with Crippen LogP contribution in [-0.4, -0.2) is 57.7 Å². The molecule has 7 heteroatoms. The predicted molar refractivity (Wildman–Crippen MR) is 105 cm³/mol. The Balaban J connectivity index is 2.03. The van der Waals surface area contributed by atoms with Gasteiger partial charge in [0.15, 0.2) is 11.5 Å². The van der Waals surface area contributed by atoms with Crippen molar-refractivity contribution in [2.45, 2.75) is 13.8 Å². The Labute approximate surface area is 155 Å². The Kier molecular flexibility index (Phi) is 4.00. The van der Waals surface area contributed by atoms with E-state index < -0.39 is 0 Å². The number of hydrogen-bond acceptors (Lipinski definition) is 5. The molecule has 0 aliphatic carbocycles. The van der Waals surface area contributed by atoms with Crippen molar-refractivity contribution in [3.05, 3.63) is 34.6 Å². The van der Waals surface area contributed by atoms with Crippen molar-refractivity contribution >= 4 is 44.0 Å². The summed E-state index contributed by atoms with van der Waals surface area (Å²) in [4.78, 5) is 14.3. The van der Waals surface area contributed by atoms with Crippen molar-refractivity contribution in [3.63, 3.8) is 0 Å². The molecule has 0 radical (unpaired) electrons. The Bertz CT molecular complexity index is 984. The smallest absolute Gasteiger partial charge is 0.199 e. The van der Waals surface area contributed by atoms with Gasteiger partial charge in [0.25, 0.3) is 0 Å². The van der Waals surface area contributed by atoms with Gasteiger partial charge in [0.1, 0.15) is 5.82 Å². The standard InChI is InChI=1S/C18H21BrN6/c1-11(2)14-9-13(19)10-15-16(14)21-17(18-20-12(3)22-25(15)18)24-7-5-23(4)6-8-24/h9-10H,1,5-8H2,2-4H3. The SMILES string of the molecule is C=C(C)c1cc(Br)cc2c1nc(N1CCN(C)CC1)c1nc(C)nn12. The molecule has 1 aromatic carbocycles. The average Bonchev–Trinajstić information content (AvgIpc) is 2.96. The lowest BCUT2D eigenvalue weighted by Gasteiger charge is -2.33. The number of piperazine rings is 1. The molecule has 3 aromatic rings. The van der Waals surface area contributed by atoms with Crippen LogP contribution >= 0.6 is 15.9 Å². The summed E-state index contributed by atoms with van der Waals surface area (Å²) >= 11 is 3.60. The van der Waals surface area contributed by atoms with Crippen LogP contribution in [0.2, 0.25) is 0 Å².